The van der Waals surface area contributed by atoms with Gasteiger partial charge in [-0.3, -0.25) is 9.79 Å². The Labute approximate surface area is 123 Å². The van der Waals surface area contributed by atoms with Crippen LogP contribution in [-0.2, 0) is 9.53 Å². The molecule has 0 heterocycles. The summed E-state index contributed by atoms with van der Waals surface area (Å²) in [5.41, 5.74) is 0. The highest BCUT2D eigenvalue weighted by Crippen LogP contribution is 2.06. The van der Waals surface area contributed by atoms with Gasteiger partial charge in [0.25, 0.3) is 0 Å². The summed E-state index contributed by atoms with van der Waals surface area (Å²) >= 11 is 0. The molecule has 0 aliphatic rings. The Bertz CT molecular complexity index is 291. The number of aliphatic imine (C=N–C) groups is 1. The number of hydrogen-bond donors (Lipinski definition) is 2. The molecule has 1 atom stereocenters. The lowest BCUT2D eigenvalue weighted by Gasteiger charge is -2.18. The van der Waals surface area contributed by atoms with Crippen LogP contribution in [0.3, 0.4) is 0 Å². The van der Waals surface area contributed by atoms with E-state index in [-0.39, 0.29) is 5.97 Å². The molecule has 0 amide bonds. The normalized spacial score (nSPS) is 13.2. The van der Waals surface area contributed by atoms with Crippen molar-refractivity contribution in [3.8, 4) is 0 Å². The van der Waals surface area contributed by atoms with E-state index in [0.717, 1.165) is 31.3 Å². The lowest BCUT2D eigenvalue weighted by atomic mass is 10.0. The summed E-state index contributed by atoms with van der Waals surface area (Å²) in [7, 11) is 1.76. The maximum absolute atomic E-state index is 11.2. The van der Waals surface area contributed by atoms with Gasteiger partial charge < -0.3 is 15.4 Å². The predicted molar refractivity (Wildman–Crippen MR) is 83.9 cm³/mol. The van der Waals surface area contributed by atoms with Crippen LogP contribution in [0.2, 0.25) is 0 Å². The second-order valence-corrected chi connectivity index (χ2v) is 5.42. The van der Waals surface area contributed by atoms with Gasteiger partial charge in [-0.05, 0) is 39.0 Å². The van der Waals surface area contributed by atoms with Crippen LogP contribution in [0.1, 0.15) is 53.4 Å². The van der Waals surface area contributed by atoms with Gasteiger partial charge in [0.2, 0.25) is 0 Å². The smallest absolute Gasteiger partial charge is 0.305 e. The molecule has 5 nitrogen and oxygen atoms in total. The first-order valence-corrected chi connectivity index (χ1v) is 7.62. The molecule has 0 radical (unpaired) electrons. The van der Waals surface area contributed by atoms with Crippen molar-refractivity contribution in [1.82, 2.24) is 10.6 Å². The Hall–Kier alpha value is -1.26. The number of rotatable bonds is 9. The Kier molecular flexibility index (Phi) is 10.8. The zero-order valence-corrected chi connectivity index (χ0v) is 13.7. The maximum atomic E-state index is 11.2. The Balaban J connectivity index is 3.79. The summed E-state index contributed by atoms with van der Waals surface area (Å²) in [5.74, 6) is 1.38. The minimum Gasteiger partial charge on any atom is -0.466 e. The van der Waals surface area contributed by atoms with Gasteiger partial charge in [-0.15, -0.1) is 0 Å². The molecular formula is C15H31N3O2. The van der Waals surface area contributed by atoms with Crippen molar-refractivity contribution in [3.63, 3.8) is 0 Å². The molecule has 2 N–H and O–H groups in total. The highest BCUT2D eigenvalue weighted by atomic mass is 16.5. The maximum Gasteiger partial charge on any atom is 0.305 e. The van der Waals surface area contributed by atoms with Crippen LogP contribution in [0.15, 0.2) is 4.99 Å². The molecule has 0 aliphatic carbocycles. The SMILES string of the molecule is CCOC(=O)CCCNC(=NC)NC(C)CCC(C)C. The third-order valence-electron chi connectivity index (χ3n) is 2.94. The molecular weight excluding hydrogens is 254 g/mol. The standard InChI is InChI=1S/C15H31N3O2/c1-6-20-14(19)8-7-11-17-15(16-5)18-13(4)10-9-12(2)3/h12-13H,6-11H2,1-5H3,(H2,16,17,18). The van der Waals surface area contributed by atoms with Gasteiger partial charge in [-0.25, -0.2) is 0 Å². The first-order chi connectivity index (χ1) is 9.49. The summed E-state index contributed by atoms with van der Waals surface area (Å²) in [5, 5.41) is 6.57. The van der Waals surface area contributed by atoms with Crippen molar-refractivity contribution in [2.45, 2.75) is 59.4 Å². The number of carbonyl (C=O) groups excluding carboxylic acids is 1. The molecule has 0 rings (SSSR count). The van der Waals surface area contributed by atoms with Crippen LogP contribution in [0.5, 0.6) is 0 Å². The van der Waals surface area contributed by atoms with Crippen molar-refractivity contribution in [3.05, 3.63) is 0 Å². The monoisotopic (exact) mass is 285 g/mol. The average molecular weight is 285 g/mol. The molecule has 118 valence electrons. The van der Waals surface area contributed by atoms with Crippen molar-refractivity contribution >= 4 is 11.9 Å². The Morgan fingerprint density at radius 2 is 1.95 bits per heavy atom. The molecule has 1 unspecified atom stereocenters. The Morgan fingerprint density at radius 3 is 2.50 bits per heavy atom. The summed E-state index contributed by atoms with van der Waals surface area (Å²) in [6.07, 6.45) is 3.52. The number of hydrogen-bond acceptors (Lipinski definition) is 3. The highest BCUT2D eigenvalue weighted by Gasteiger charge is 2.06. The van der Waals surface area contributed by atoms with Gasteiger partial charge in [-0.1, -0.05) is 13.8 Å². The quantitative estimate of drug-likeness (QED) is 0.295. The van der Waals surface area contributed by atoms with Gasteiger partial charge in [0, 0.05) is 26.1 Å². The molecule has 0 saturated heterocycles. The molecule has 0 fully saturated rings. The number of esters is 1. The molecule has 0 spiro atoms. The fraction of sp³-hybridized carbons (Fsp3) is 0.867. The third-order valence-corrected chi connectivity index (χ3v) is 2.94. The van der Waals surface area contributed by atoms with Crippen LogP contribution in [0.4, 0.5) is 0 Å². The fourth-order valence-corrected chi connectivity index (χ4v) is 1.76. The number of ether oxygens (including phenoxy) is 1. The van der Waals surface area contributed by atoms with E-state index in [1.165, 1.54) is 6.42 Å². The van der Waals surface area contributed by atoms with Gasteiger partial charge in [-0.2, -0.15) is 0 Å². The van der Waals surface area contributed by atoms with Crippen LogP contribution in [-0.4, -0.2) is 38.2 Å². The molecule has 0 aromatic heterocycles. The van der Waals surface area contributed by atoms with Gasteiger partial charge in [0.1, 0.15) is 0 Å². The zero-order valence-electron chi connectivity index (χ0n) is 13.7. The molecule has 0 bridgehead atoms. The van der Waals surface area contributed by atoms with Crippen molar-refractivity contribution in [2.24, 2.45) is 10.9 Å². The van der Waals surface area contributed by atoms with Crippen LogP contribution >= 0.6 is 0 Å². The van der Waals surface area contributed by atoms with Crippen molar-refractivity contribution in [2.75, 3.05) is 20.2 Å². The summed E-state index contributed by atoms with van der Waals surface area (Å²) in [6.45, 7) is 9.61. The minimum absolute atomic E-state index is 0.137. The predicted octanol–water partition coefficient (Wildman–Crippen LogP) is 2.32. The van der Waals surface area contributed by atoms with Crippen LogP contribution in [0, 0.1) is 5.92 Å². The van der Waals surface area contributed by atoms with Crippen LogP contribution < -0.4 is 10.6 Å². The molecule has 20 heavy (non-hydrogen) atoms. The zero-order chi connectivity index (χ0) is 15.4. The first kappa shape index (κ1) is 18.7. The average Bonchev–Trinajstić information content (AvgIpc) is 2.40. The van der Waals surface area contributed by atoms with Crippen molar-refractivity contribution < 1.29 is 9.53 Å². The van der Waals surface area contributed by atoms with Gasteiger partial charge in [0.05, 0.1) is 6.61 Å². The molecule has 0 aromatic carbocycles. The van der Waals surface area contributed by atoms with Crippen LogP contribution in [0.25, 0.3) is 0 Å². The van der Waals surface area contributed by atoms with Crippen molar-refractivity contribution in [1.29, 1.82) is 0 Å². The third kappa shape index (κ3) is 10.6. The summed E-state index contributed by atoms with van der Waals surface area (Å²) in [4.78, 5) is 15.4. The van der Waals surface area contributed by atoms with E-state index < -0.39 is 0 Å². The summed E-state index contributed by atoms with van der Waals surface area (Å²) in [6, 6.07) is 0.397. The molecule has 0 aromatic rings. The minimum atomic E-state index is -0.137. The van der Waals surface area contributed by atoms with E-state index in [4.69, 9.17) is 4.74 Å². The molecule has 0 saturated carbocycles. The lowest BCUT2D eigenvalue weighted by Crippen LogP contribution is -2.42. The van der Waals surface area contributed by atoms with E-state index in [0.29, 0.717) is 19.1 Å². The first-order valence-electron chi connectivity index (χ1n) is 7.62. The number of nitrogens with zero attached hydrogens (tertiary/aromatic N) is 1. The van der Waals surface area contributed by atoms with E-state index in [1.807, 2.05) is 6.92 Å². The second kappa shape index (κ2) is 11.6. The topological polar surface area (TPSA) is 62.7 Å². The molecule has 5 heteroatoms. The lowest BCUT2D eigenvalue weighted by molar-refractivity contribution is -0.143. The highest BCUT2D eigenvalue weighted by molar-refractivity contribution is 5.79. The fourth-order valence-electron chi connectivity index (χ4n) is 1.76. The van der Waals surface area contributed by atoms with E-state index in [1.54, 1.807) is 7.05 Å². The van der Waals surface area contributed by atoms with E-state index in [2.05, 4.69) is 36.4 Å². The number of nitrogens with one attached hydrogen (secondary N) is 2. The van der Waals surface area contributed by atoms with Gasteiger partial charge >= 0.3 is 5.97 Å². The Morgan fingerprint density at radius 1 is 1.25 bits per heavy atom. The number of guanidine groups is 1. The largest absolute Gasteiger partial charge is 0.466 e. The number of carbonyl (C=O) groups is 1. The van der Waals surface area contributed by atoms with E-state index >= 15 is 0 Å². The molecule has 0 aliphatic heterocycles. The second-order valence-electron chi connectivity index (χ2n) is 5.42. The van der Waals surface area contributed by atoms with Gasteiger partial charge in [0.15, 0.2) is 5.96 Å². The van der Waals surface area contributed by atoms with E-state index in [9.17, 15) is 4.79 Å². The summed E-state index contributed by atoms with van der Waals surface area (Å²) < 4.78 is 4.88.